The number of fused-ring (bicyclic) bond motifs is 1. The Labute approximate surface area is 107 Å². The third kappa shape index (κ3) is 1.73. The van der Waals surface area contributed by atoms with E-state index in [1.165, 1.54) is 6.20 Å². The van der Waals surface area contributed by atoms with Crippen LogP contribution in [-0.4, -0.2) is 59.2 Å². The van der Waals surface area contributed by atoms with Gasteiger partial charge in [-0.1, -0.05) is 11.3 Å². The number of nitrogens with one attached hydrogen (secondary N) is 1. The van der Waals surface area contributed by atoms with Crippen LogP contribution in [0.2, 0.25) is 0 Å². The van der Waals surface area contributed by atoms with E-state index in [0.29, 0.717) is 18.2 Å². The normalized spacial score (nSPS) is 23.3. The van der Waals surface area contributed by atoms with Gasteiger partial charge in [0.05, 0.1) is 18.8 Å². The van der Waals surface area contributed by atoms with Crippen molar-refractivity contribution in [2.75, 3.05) is 31.1 Å². The summed E-state index contributed by atoms with van der Waals surface area (Å²) < 4.78 is 0. The van der Waals surface area contributed by atoms with Crippen molar-refractivity contribution in [1.82, 2.24) is 15.2 Å². The predicted octanol–water partition coefficient (Wildman–Crippen LogP) is 0.0551. The van der Waals surface area contributed by atoms with E-state index >= 15 is 0 Å². The van der Waals surface area contributed by atoms with E-state index in [4.69, 9.17) is 5.11 Å². The molecule has 0 radical (unpaired) electrons. The van der Waals surface area contributed by atoms with E-state index in [2.05, 4.69) is 10.3 Å². The molecule has 0 saturated carbocycles. The van der Waals surface area contributed by atoms with Gasteiger partial charge < -0.3 is 15.3 Å². The number of carboxylic acids is 1. The largest absolute Gasteiger partial charge is 0.477 e. The number of hydrogen-bond acceptors (Lipinski definition) is 5. The average molecular weight is 268 g/mol. The topological polar surface area (TPSA) is 85.8 Å². The summed E-state index contributed by atoms with van der Waals surface area (Å²) in [6.07, 6.45) is 1.30. The molecule has 8 heteroatoms. The molecule has 0 aliphatic carbocycles. The van der Waals surface area contributed by atoms with Crippen molar-refractivity contribution >= 4 is 28.5 Å². The molecule has 0 bridgehead atoms. The Morgan fingerprint density at radius 3 is 3.11 bits per heavy atom. The Balaban J connectivity index is 1.84. The van der Waals surface area contributed by atoms with Crippen LogP contribution in [0.25, 0.3) is 0 Å². The molecule has 2 N–H and O–H groups in total. The standard InChI is InChI=1S/C10H12N4O3S/c15-8(16)7-4-12-9(18-7)14-5-6-3-11-1-2-13(6)10(14)17/h4,6,11H,1-3,5H2,(H,15,16)/t6-/m0/s1. The van der Waals surface area contributed by atoms with E-state index in [-0.39, 0.29) is 17.0 Å². The highest BCUT2D eigenvalue weighted by molar-refractivity contribution is 7.17. The van der Waals surface area contributed by atoms with E-state index in [0.717, 1.165) is 24.4 Å². The number of nitrogens with zero attached hydrogens (tertiary/aromatic N) is 3. The summed E-state index contributed by atoms with van der Waals surface area (Å²) in [5.74, 6) is -1.01. The Morgan fingerprint density at radius 1 is 1.61 bits per heavy atom. The Morgan fingerprint density at radius 2 is 2.44 bits per heavy atom. The summed E-state index contributed by atoms with van der Waals surface area (Å²) in [6.45, 7) is 2.84. The lowest BCUT2D eigenvalue weighted by molar-refractivity contribution is 0.0702. The number of hydrogen-bond donors (Lipinski definition) is 2. The minimum atomic E-state index is -1.01. The first kappa shape index (κ1) is 11.4. The second-order valence-corrected chi connectivity index (χ2v) is 5.27. The molecule has 2 fully saturated rings. The number of carbonyl (C=O) groups is 2. The molecule has 96 valence electrons. The fraction of sp³-hybridized carbons (Fsp3) is 0.500. The van der Waals surface area contributed by atoms with Gasteiger partial charge in [0.15, 0.2) is 5.13 Å². The Hall–Kier alpha value is -1.67. The molecule has 3 heterocycles. The minimum absolute atomic E-state index is 0.0761. The quantitative estimate of drug-likeness (QED) is 0.792. The van der Waals surface area contributed by atoms with Crippen LogP contribution in [0, 0.1) is 0 Å². The highest BCUT2D eigenvalue weighted by Crippen LogP contribution is 2.28. The zero-order chi connectivity index (χ0) is 12.7. The van der Waals surface area contributed by atoms with E-state index in [9.17, 15) is 9.59 Å². The van der Waals surface area contributed by atoms with Crippen LogP contribution in [-0.2, 0) is 0 Å². The van der Waals surface area contributed by atoms with Crippen LogP contribution < -0.4 is 10.2 Å². The maximum absolute atomic E-state index is 12.2. The highest BCUT2D eigenvalue weighted by Gasteiger charge is 2.40. The lowest BCUT2D eigenvalue weighted by Crippen LogP contribution is -2.49. The molecule has 2 saturated heterocycles. The molecule has 0 aromatic carbocycles. The number of aromatic nitrogens is 1. The van der Waals surface area contributed by atoms with Gasteiger partial charge in [0, 0.05) is 19.6 Å². The van der Waals surface area contributed by atoms with Crippen molar-refractivity contribution in [3.63, 3.8) is 0 Å². The van der Waals surface area contributed by atoms with Crippen LogP contribution in [0.4, 0.5) is 9.93 Å². The van der Waals surface area contributed by atoms with Gasteiger partial charge in [-0.15, -0.1) is 0 Å². The highest BCUT2D eigenvalue weighted by atomic mass is 32.1. The first-order valence-corrected chi connectivity index (χ1v) is 6.46. The van der Waals surface area contributed by atoms with Gasteiger partial charge in [-0.25, -0.2) is 14.6 Å². The number of anilines is 1. The lowest BCUT2D eigenvalue weighted by Gasteiger charge is -2.28. The predicted molar refractivity (Wildman–Crippen MR) is 65.2 cm³/mol. The van der Waals surface area contributed by atoms with Crippen LogP contribution >= 0.6 is 11.3 Å². The smallest absolute Gasteiger partial charge is 0.347 e. The van der Waals surface area contributed by atoms with Crippen LogP contribution in [0.3, 0.4) is 0 Å². The molecular formula is C10H12N4O3S. The Bertz CT molecular complexity index is 503. The first-order chi connectivity index (χ1) is 8.66. The summed E-state index contributed by atoms with van der Waals surface area (Å²) in [7, 11) is 0. The first-order valence-electron chi connectivity index (χ1n) is 5.65. The monoisotopic (exact) mass is 268 g/mol. The molecule has 2 aliphatic heterocycles. The zero-order valence-corrected chi connectivity index (χ0v) is 10.3. The Kier molecular flexibility index (Phi) is 2.67. The number of urea groups is 1. The fourth-order valence-electron chi connectivity index (χ4n) is 2.27. The van der Waals surface area contributed by atoms with Gasteiger partial charge in [-0.05, 0) is 0 Å². The molecule has 0 spiro atoms. The van der Waals surface area contributed by atoms with Gasteiger partial charge >= 0.3 is 12.0 Å². The van der Waals surface area contributed by atoms with Crippen molar-refractivity contribution in [3.05, 3.63) is 11.1 Å². The van der Waals surface area contributed by atoms with Crippen molar-refractivity contribution in [1.29, 1.82) is 0 Å². The summed E-state index contributed by atoms with van der Waals surface area (Å²) >= 11 is 1.03. The third-order valence-electron chi connectivity index (χ3n) is 3.16. The van der Waals surface area contributed by atoms with Gasteiger partial charge in [0.2, 0.25) is 0 Å². The van der Waals surface area contributed by atoms with Crippen LogP contribution in [0.5, 0.6) is 0 Å². The van der Waals surface area contributed by atoms with Crippen LogP contribution in [0.1, 0.15) is 9.67 Å². The molecule has 1 aromatic rings. The van der Waals surface area contributed by atoms with Crippen molar-refractivity contribution < 1.29 is 14.7 Å². The molecule has 7 nitrogen and oxygen atoms in total. The maximum Gasteiger partial charge on any atom is 0.347 e. The molecule has 18 heavy (non-hydrogen) atoms. The van der Waals surface area contributed by atoms with Gasteiger partial charge in [0.1, 0.15) is 4.88 Å². The number of aromatic carboxylic acids is 1. The van der Waals surface area contributed by atoms with Crippen molar-refractivity contribution in [2.24, 2.45) is 0 Å². The van der Waals surface area contributed by atoms with E-state index < -0.39 is 5.97 Å². The zero-order valence-electron chi connectivity index (χ0n) is 9.50. The van der Waals surface area contributed by atoms with Gasteiger partial charge in [-0.3, -0.25) is 4.90 Å². The maximum atomic E-state index is 12.2. The number of carboxylic acid groups (broad SMARTS) is 1. The van der Waals surface area contributed by atoms with Gasteiger partial charge in [-0.2, -0.15) is 0 Å². The second-order valence-electron chi connectivity index (χ2n) is 4.26. The fourth-order valence-corrected chi connectivity index (χ4v) is 3.03. The average Bonchev–Trinajstić information content (AvgIpc) is 2.95. The number of piperazine rings is 1. The molecule has 2 aliphatic rings. The van der Waals surface area contributed by atoms with E-state index in [1.807, 2.05) is 4.90 Å². The molecule has 0 unspecified atom stereocenters. The SMILES string of the molecule is O=C(O)c1cnc(N2C[C@@H]3CNCCN3C2=O)s1. The lowest BCUT2D eigenvalue weighted by atomic mass is 10.2. The molecular weight excluding hydrogens is 256 g/mol. The summed E-state index contributed by atoms with van der Waals surface area (Å²) in [5.41, 5.74) is 0. The summed E-state index contributed by atoms with van der Waals surface area (Å²) in [5, 5.41) is 12.6. The molecule has 1 atom stereocenters. The summed E-state index contributed by atoms with van der Waals surface area (Å²) in [6, 6.07) is 0.0798. The molecule has 1 aromatic heterocycles. The van der Waals surface area contributed by atoms with Gasteiger partial charge in [0.25, 0.3) is 0 Å². The molecule has 2 amide bonds. The molecule has 3 rings (SSSR count). The minimum Gasteiger partial charge on any atom is -0.477 e. The number of thiazole rings is 1. The van der Waals surface area contributed by atoms with Crippen molar-refractivity contribution in [2.45, 2.75) is 6.04 Å². The second kappa shape index (κ2) is 4.21. The van der Waals surface area contributed by atoms with E-state index in [1.54, 1.807) is 4.90 Å². The number of amides is 2. The number of rotatable bonds is 2. The summed E-state index contributed by atoms with van der Waals surface area (Å²) in [4.78, 5) is 30.5. The van der Waals surface area contributed by atoms with Crippen LogP contribution in [0.15, 0.2) is 6.20 Å². The third-order valence-corrected chi connectivity index (χ3v) is 4.16. The van der Waals surface area contributed by atoms with Crippen molar-refractivity contribution in [3.8, 4) is 0 Å². The number of carbonyl (C=O) groups excluding carboxylic acids is 1.